The zero-order valence-corrected chi connectivity index (χ0v) is 13.0. The summed E-state index contributed by atoms with van der Waals surface area (Å²) < 4.78 is 0. The first-order valence-electron chi connectivity index (χ1n) is 8.17. The number of likely N-dealkylation sites (tertiary alicyclic amines) is 1. The van der Waals surface area contributed by atoms with Crippen molar-refractivity contribution in [3.8, 4) is 0 Å². The second-order valence-corrected chi connectivity index (χ2v) is 7.28. The monoisotopic (exact) mass is 272 g/mol. The quantitative estimate of drug-likeness (QED) is 0.888. The molecule has 20 heavy (non-hydrogen) atoms. The third kappa shape index (κ3) is 3.24. The summed E-state index contributed by atoms with van der Waals surface area (Å²) >= 11 is 0. The molecule has 0 bridgehead atoms. The summed E-state index contributed by atoms with van der Waals surface area (Å²) in [6.07, 6.45) is 5.26. The number of nitrogens with zero attached hydrogens (tertiary/aromatic N) is 1. The maximum Gasteiger partial charge on any atom is 0.0236 e. The highest BCUT2D eigenvalue weighted by Crippen LogP contribution is 2.30. The number of fused-ring (bicyclic) bond motifs is 1. The number of hydrogen-bond acceptors (Lipinski definition) is 2. The Labute approximate surface area is 123 Å². The van der Waals surface area contributed by atoms with Crippen LogP contribution in [0.4, 0.5) is 0 Å². The number of nitrogens with one attached hydrogen (secondary N) is 1. The third-order valence-corrected chi connectivity index (χ3v) is 5.06. The summed E-state index contributed by atoms with van der Waals surface area (Å²) in [6, 6.07) is 6.87. The lowest BCUT2D eigenvalue weighted by Gasteiger charge is -2.26. The minimum absolute atomic E-state index is 0.536. The van der Waals surface area contributed by atoms with Crippen LogP contribution in [0.5, 0.6) is 0 Å². The smallest absolute Gasteiger partial charge is 0.0236 e. The molecule has 2 aliphatic rings. The van der Waals surface area contributed by atoms with E-state index in [1.165, 1.54) is 44.3 Å². The molecule has 0 radical (unpaired) electrons. The highest BCUT2D eigenvalue weighted by atomic mass is 15.1. The third-order valence-electron chi connectivity index (χ3n) is 5.06. The minimum Gasteiger partial charge on any atom is -0.312 e. The Hall–Kier alpha value is -0.860. The first-order valence-corrected chi connectivity index (χ1v) is 8.17. The van der Waals surface area contributed by atoms with Gasteiger partial charge in [-0.05, 0) is 67.4 Å². The van der Waals surface area contributed by atoms with E-state index in [0.29, 0.717) is 5.41 Å². The summed E-state index contributed by atoms with van der Waals surface area (Å²) in [5, 5.41) is 3.48. The van der Waals surface area contributed by atoms with Crippen LogP contribution in [-0.2, 0) is 19.5 Å². The molecule has 0 spiro atoms. The molecule has 0 atom stereocenters. The summed E-state index contributed by atoms with van der Waals surface area (Å²) in [7, 11) is 0. The fourth-order valence-electron chi connectivity index (χ4n) is 3.64. The van der Waals surface area contributed by atoms with Gasteiger partial charge < -0.3 is 5.32 Å². The summed E-state index contributed by atoms with van der Waals surface area (Å²) in [4.78, 5) is 2.67. The van der Waals surface area contributed by atoms with Crippen LogP contribution in [-0.4, -0.2) is 24.5 Å². The molecule has 0 unspecified atom stereocenters. The van der Waals surface area contributed by atoms with E-state index >= 15 is 0 Å². The van der Waals surface area contributed by atoms with E-state index in [2.05, 4.69) is 42.3 Å². The van der Waals surface area contributed by atoms with E-state index in [0.717, 1.165) is 19.6 Å². The average molecular weight is 272 g/mol. The molecule has 2 aliphatic heterocycles. The van der Waals surface area contributed by atoms with Crippen LogP contribution in [0.15, 0.2) is 18.2 Å². The van der Waals surface area contributed by atoms with Crippen molar-refractivity contribution in [1.82, 2.24) is 10.2 Å². The van der Waals surface area contributed by atoms with Gasteiger partial charge in [-0.25, -0.2) is 0 Å². The van der Waals surface area contributed by atoms with Gasteiger partial charge in [0, 0.05) is 13.1 Å². The molecule has 2 heterocycles. The van der Waals surface area contributed by atoms with Crippen molar-refractivity contribution >= 4 is 0 Å². The number of hydrogen-bond donors (Lipinski definition) is 1. The molecule has 110 valence electrons. The average Bonchev–Trinajstić information content (AvgIpc) is 2.61. The predicted molar refractivity (Wildman–Crippen MR) is 84.8 cm³/mol. The van der Waals surface area contributed by atoms with Gasteiger partial charge in [-0.3, -0.25) is 4.90 Å². The Kier molecular flexibility index (Phi) is 4.13. The van der Waals surface area contributed by atoms with Crippen LogP contribution in [0.1, 0.15) is 49.8 Å². The van der Waals surface area contributed by atoms with E-state index in [4.69, 9.17) is 0 Å². The second-order valence-electron chi connectivity index (χ2n) is 7.28. The van der Waals surface area contributed by atoms with Crippen molar-refractivity contribution in [2.75, 3.05) is 19.6 Å². The van der Waals surface area contributed by atoms with E-state index in [1.54, 1.807) is 11.1 Å². The highest BCUT2D eigenvalue weighted by Gasteiger charge is 2.23. The molecule has 2 nitrogen and oxygen atoms in total. The normalized spacial score (nSPS) is 23.1. The minimum atomic E-state index is 0.536. The van der Waals surface area contributed by atoms with Gasteiger partial charge in [0.05, 0.1) is 0 Å². The zero-order valence-electron chi connectivity index (χ0n) is 13.0. The number of benzene rings is 1. The van der Waals surface area contributed by atoms with Crippen molar-refractivity contribution in [3.63, 3.8) is 0 Å². The Balaban J connectivity index is 1.72. The predicted octanol–water partition coefficient (Wildman–Crippen LogP) is 3.34. The van der Waals surface area contributed by atoms with Gasteiger partial charge in [-0.15, -0.1) is 0 Å². The Morgan fingerprint density at radius 1 is 1.20 bits per heavy atom. The summed E-state index contributed by atoms with van der Waals surface area (Å²) in [6.45, 7) is 10.7. The maximum atomic E-state index is 3.48. The fraction of sp³-hybridized carbons (Fsp3) is 0.667. The van der Waals surface area contributed by atoms with Crippen LogP contribution >= 0.6 is 0 Å². The maximum absolute atomic E-state index is 3.48. The molecule has 0 saturated carbocycles. The Bertz CT molecular complexity index is 464. The van der Waals surface area contributed by atoms with Gasteiger partial charge in [0.1, 0.15) is 0 Å². The summed E-state index contributed by atoms with van der Waals surface area (Å²) in [5.74, 6) is 0. The van der Waals surface area contributed by atoms with E-state index < -0.39 is 0 Å². The van der Waals surface area contributed by atoms with Crippen molar-refractivity contribution in [2.45, 2.75) is 52.6 Å². The standard InChI is InChI=1S/C18H28N2/c1-18(2)8-4-11-20(12-9-18)14-16-6-3-5-15-13-19-10-7-17(15)16/h3,5-6,19H,4,7-14H2,1-2H3. The van der Waals surface area contributed by atoms with Gasteiger partial charge in [0.25, 0.3) is 0 Å². The highest BCUT2D eigenvalue weighted by molar-refractivity contribution is 5.37. The van der Waals surface area contributed by atoms with Gasteiger partial charge in [0.15, 0.2) is 0 Å². The molecule has 0 amide bonds. The fourth-order valence-corrected chi connectivity index (χ4v) is 3.64. The molecular formula is C18H28N2. The molecule has 2 heteroatoms. The second kappa shape index (κ2) is 5.87. The molecule has 1 aromatic carbocycles. The van der Waals surface area contributed by atoms with Crippen LogP contribution < -0.4 is 5.32 Å². The lowest BCUT2D eigenvalue weighted by molar-refractivity contribution is 0.255. The van der Waals surface area contributed by atoms with Crippen molar-refractivity contribution in [1.29, 1.82) is 0 Å². The van der Waals surface area contributed by atoms with Gasteiger partial charge in [-0.1, -0.05) is 32.0 Å². The molecule has 0 aliphatic carbocycles. The first kappa shape index (κ1) is 14.1. The van der Waals surface area contributed by atoms with Crippen LogP contribution in [0, 0.1) is 5.41 Å². The van der Waals surface area contributed by atoms with Crippen LogP contribution in [0.3, 0.4) is 0 Å². The van der Waals surface area contributed by atoms with Crippen LogP contribution in [0.2, 0.25) is 0 Å². The summed E-state index contributed by atoms with van der Waals surface area (Å²) in [5.41, 5.74) is 5.25. The van der Waals surface area contributed by atoms with E-state index in [1.807, 2.05) is 0 Å². The molecular weight excluding hydrogens is 244 g/mol. The van der Waals surface area contributed by atoms with Crippen molar-refractivity contribution in [3.05, 3.63) is 34.9 Å². The SMILES string of the molecule is CC1(C)CCCN(Cc2cccc3c2CCNC3)CC1. The Morgan fingerprint density at radius 3 is 3.00 bits per heavy atom. The van der Waals surface area contributed by atoms with Crippen molar-refractivity contribution < 1.29 is 0 Å². The zero-order chi connectivity index (χ0) is 14.0. The van der Waals surface area contributed by atoms with Crippen LogP contribution in [0.25, 0.3) is 0 Å². The largest absolute Gasteiger partial charge is 0.312 e. The van der Waals surface area contributed by atoms with Gasteiger partial charge in [0.2, 0.25) is 0 Å². The molecule has 3 rings (SSSR count). The molecule has 0 aromatic heterocycles. The van der Waals surface area contributed by atoms with Gasteiger partial charge in [-0.2, -0.15) is 0 Å². The molecule has 1 fully saturated rings. The van der Waals surface area contributed by atoms with E-state index in [-0.39, 0.29) is 0 Å². The first-order chi connectivity index (χ1) is 9.64. The molecule has 1 saturated heterocycles. The molecule has 1 aromatic rings. The topological polar surface area (TPSA) is 15.3 Å². The molecule has 1 N–H and O–H groups in total. The lowest BCUT2D eigenvalue weighted by Crippen LogP contribution is -2.28. The van der Waals surface area contributed by atoms with Gasteiger partial charge >= 0.3 is 0 Å². The lowest BCUT2D eigenvalue weighted by atomic mass is 9.85. The number of rotatable bonds is 2. The van der Waals surface area contributed by atoms with E-state index in [9.17, 15) is 0 Å². The Morgan fingerprint density at radius 2 is 2.10 bits per heavy atom. The van der Waals surface area contributed by atoms with Crippen molar-refractivity contribution in [2.24, 2.45) is 5.41 Å².